The minimum absolute atomic E-state index is 0.118. The fourth-order valence-corrected chi connectivity index (χ4v) is 4.87. The van der Waals surface area contributed by atoms with Crippen LogP contribution in [0.3, 0.4) is 0 Å². The summed E-state index contributed by atoms with van der Waals surface area (Å²) < 4.78 is 22.5. The highest BCUT2D eigenvalue weighted by atomic mass is 32.7. The molecule has 0 aliphatic heterocycles. The Morgan fingerprint density at radius 2 is 1.50 bits per heavy atom. The Morgan fingerprint density at radius 3 is 2.05 bits per heavy atom. The van der Waals surface area contributed by atoms with Crippen molar-refractivity contribution < 1.29 is 13.6 Å². The molecule has 116 valence electrons. The van der Waals surface area contributed by atoms with Crippen LogP contribution < -0.4 is 0 Å². The van der Waals surface area contributed by atoms with Gasteiger partial charge in [0, 0.05) is 14.2 Å². The van der Waals surface area contributed by atoms with Crippen molar-refractivity contribution in [2.24, 2.45) is 0 Å². The maximum absolute atomic E-state index is 12.4. The third-order valence-corrected chi connectivity index (χ3v) is 7.24. The fraction of sp³-hybridized carbons (Fsp3) is 0.176. The van der Waals surface area contributed by atoms with E-state index in [1.807, 2.05) is 72.8 Å². The maximum atomic E-state index is 12.4. The lowest BCUT2D eigenvalue weighted by Crippen LogP contribution is -1.93. The summed E-state index contributed by atoms with van der Waals surface area (Å²) in [5, 5.41) is -0.118. The van der Waals surface area contributed by atoms with Gasteiger partial charge in [-0.3, -0.25) is 0 Å². The molecule has 0 heterocycles. The number of benzene rings is 2. The van der Waals surface area contributed by atoms with Crippen molar-refractivity contribution in [2.45, 2.75) is 5.25 Å². The molecule has 0 aliphatic rings. The highest BCUT2D eigenvalue weighted by Crippen LogP contribution is 2.64. The molecule has 2 aromatic rings. The summed E-state index contributed by atoms with van der Waals surface area (Å²) in [6.45, 7) is -3.16. The van der Waals surface area contributed by atoms with E-state index in [-0.39, 0.29) is 5.25 Å². The van der Waals surface area contributed by atoms with E-state index in [2.05, 4.69) is 0 Å². The molecule has 0 saturated carbocycles. The predicted octanol–water partition coefficient (Wildman–Crippen LogP) is 5.58. The van der Waals surface area contributed by atoms with Gasteiger partial charge in [-0.05, 0) is 22.5 Å². The second-order valence-corrected chi connectivity index (χ2v) is 8.84. The number of hydrogen-bond donors (Lipinski definition) is 0. The molecule has 0 saturated heterocycles. The number of rotatable bonds is 7. The summed E-state index contributed by atoms with van der Waals surface area (Å²) >= 11 is 1.19. The lowest BCUT2D eigenvalue weighted by atomic mass is 10.1. The summed E-state index contributed by atoms with van der Waals surface area (Å²) in [6, 6.07) is 19.9. The van der Waals surface area contributed by atoms with Gasteiger partial charge < -0.3 is 9.05 Å². The van der Waals surface area contributed by atoms with E-state index in [9.17, 15) is 4.57 Å². The summed E-state index contributed by atoms with van der Waals surface area (Å²) in [6.07, 6.45) is 4.03. The third kappa shape index (κ3) is 4.85. The molecule has 22 heavy (non-hydrogen) atoms. The van der Waals surface area contributed by atoms with Crippen molar-refractivity contribution in [2.75, 3.05) is 14.2 Å². The van der Waals surface area contributed by atoms with Gasteiger partial charge in [-0.15, -0.1) is 0 Å². The van der Waals surface area contributed by atoms with Crippen LogP contribution in [0.25, 0.3) is 6.08 Å². The van der Waals surface area contributed by atoms with Crippen LogP contribution in [-0.2, 0) is 13.6 Å². The van der Waals surface area contributed by atoms with Gasteiger partial charge in [-0.1, -0.05) is 72.8 Å². The quantitative estimate of drug-likeness (QED) is 0.620. The molecule has 0 fully saturated rings. The second kappa shape index (κ2) is 8.35. The lowest BCUT2D eigenvalue weighted by Gasteiger charge is -2.18. The van der Waals surface area contributed by atoms with E-state index in [1.54, 1.807) is 0 Å². The Hall–Kier alpha value is -1.32. The SMILES string of the molecule is COP(=O)(OC)SC(/C=C/c1ccccc1)c1ccccc1. The molecule has 2 rings (SSSR count). The Balaban J connectivity index is 2.26. The molecule has 2 aromatic carbocycles. The van der Waals surface area contributed by atoms with Gasteiger partial charge in [0.05, 0.1) is 5.25 Å². The molecule has 5 heteroatoms. The van der Waals surface area contributed by atoms with E-state index in [0.29, 0.717) is 0 Å². The van der Waals surface area contributed by atoms with Crippen molar-refractivity contribution in [3.63, 3.8) is 0 Å². The third-order valence-electron chi connectivity index (χ3n) is 3.08. The van der Waals surface area contributed by atoms with Crippen molar-refractivity contribution in [3.8, 4) is 0 Å². The monoisotopic (exact) mass is 334 g/mol. The Kier molecular flexibility index (Phi) is 6.47. The first-order chi connectivity index (χ1) is 10.7. The van der Waals surface area contributed by atoms with E-state index >= 15 is 0 Å². The molecule has 0 radical (unpaired) electrons. The fourth-order valence-electron chi connectivity index (χ4n) is 1.91. The average Bonchev–Trinajstić information content (AvgIpc) is 2.60. The Bertz CT molecular complexity index is 635. The highest BCUT2D eigenvalue weighted by Gasteiger charge is 2.27. The van der Waals surface area contributed by atoms with E-state index < -0.39 is 6.80 Å². The highest BCUT2D eigenvalue weighted by molar-refractivity contribution is 8.55. The molecule has 1 atom stereocenters. The molecule has 1 unspecified atom stereocenters. The zero-order valence-electron chi connectivity index (χ0n) is 12.6. The first-order valence-electron chi connectivity index (χ1n) is 6.85. The topological polar surface area (TPSA) is 35.5 Å². The van der Waals surface area contributed by atoms with Gasteiger partial charge in [-0.25, -0.2) is 4.57 Å². The second-order valence-electron chi connectivity index (χ2n) is 4.52. The van der Waals surface area contributed by atoms with E-state index in [0.717, 1.165) is 11.1 Å². The first-order valence-corrected chi connectivity index (χ1v) is 9.88. The Morgan fingerprint density at radius 1 is 0.955 bits per heavy atom. The predicted molar refractivity (Wildman–Crippen MR) is 93.9 cm³/mol. The van der Waals surface area contributed by atoms with Crippen LogP contribution in [0.4, 0.5) is 0 Å². The molecular formula is C17H19O3PS. The van der Waals surface area contributed by atoms with Crippen molar-refractivity contribution >= 4 is 24.3 Å². The van der Waals surface area contributed by atoms with Gasteiger partial charge in [0.25, 0.3) is 0 Å². The molecular weight excluding hydrogens is 315 g/mol. The van der Waals surface area contributed by atoms with Gasteiger partial charge in [-0.2, -0.15) is 0 Å². The molecule has 0 aromatic heterocycles. The van der Waals surface area contributed by atoms with Crippen LogP contribution in [0.2, 0.25) is 0 Å². The van der Waals surface area contributed by atoms with Gasteiger partial charge in [0.15, 0.2) is 0 Å². The molecule has 0 N–H and O–H groups in total. The zero-order valence-corrected chi connectivity index (χ0v) is 14.3. The van der Waals surface area contributed by atoms with Crippen LogP contribution in [0.15, 0.2) is 66.7 Å². The van der Waals surface area contributed by atoms with Crippen molar-refractivity contribution in [1.29, 1.82) is 0 Å². The van der Waals surface area contributed by atoms with Crippen LogP contribution in [0, 0.1) is 0 Å². The van der Waals surface area contributed by atoms with Crippen molar-refractivity contribution in [1.82, 2.24) is 0 Å². The smallest absolute Gasteiger partial charge is 0.304 e. The molecule has 0 aliphatic carbocycles. The van der Waals surface area contributed by atoms with Gasteiger partial charge in [0.2, 0.25) is 0 Å². The zero-order chi connectivity index (χ0) is 15.8. The van der Waals surface area contributed by atoms with Gasteiger partial charge >= 0.3 is 6.80 Å². The largest absolute Gasteiger partial charge is 0.389 e. The minimum atomic E-state index is -3.16. The lowest BCUT2D eigenvalue weighted by molar-refractivity contribution is 0.295. The summed E-state index contributed by atoms with van der Waals surface area (Å²) in [5.41, 5.74) is 2.14. The minimum Gasteiger partial charge on any atom is -0.304 e. The maximum Gasteiger partial charge on any atom is 0.389 e. The molecule has 3 nitrogen and oxygen atoms in total. The Labute approximate surface area is 135 Å². The van der Waals surface area contributed by atoms with Crippen LogP contribution in [0.1, 0.15) is 16.4 Å². The average molecular weight is 334 g/mol. The molecule has 0 spiro atoms. The summed E-state index contributed by atoms with van der Waals surface area (Å²) in [7, 11) is 2.81. The van der Waals surface area contributed by atoms with Gasteiger partial charge in [0.1, 0.15) is 0 Å². The molecule has 0 bridgehead atoms. The normalized spacial score (nSPS) is 13.4. The standard InChI is InChI=1S/C17H19O3PS/c1-19-21(18,20-2)22-17(16-11-7-4-8-12-16)14-13-15-9-5-3-6-10-15/h3-14,17H,1-2H3/b14-13+. The van der Waals surface area contributed by atoms with E-state index in [1.165, 1.54) is 25.6 Å². The first kappa shape index (κ1) is 17.0. The van der Waals surface area contributed by atoms with E-state index in [4.69, 9.17) is 9.05 Å². The molecule has 0 amide bonds. The van der Waals surface area contributed by atoms with Crippen LogP contribution in [0.5, 0.6) is 0 Å². The van der Waals surface area contributed by atoms with Crippen LogP contribution >= 0.6 is 18.2 Å². The van der Waals surface area contributed by atoms with Crippen LogP contribution in [-0.4, -0.2) is 14.2 Å². The van der Waals surface area contributed by atoms with Crippen molar-refractivity contribution in [3.05, 3.63) is 77.9 Å². The summed E-state index contributed by atoms with van der Waals surface area (Å²) in [4.78, 5) is 0. The summed E-state index contributed by atoms with van der Waals surface area (Å²) in [5.74, 6) is 0. The number of hydrogen-bond acceptors (Lipinski definition) is 4.